The summed E-state index contributed by atoms with van der Waals surface area (Å²) in [5.74, 6) is -0.899. The van der Waals surface area contributed by atoms with Gasteiger partial charge in [-0.05, 0) is 17.3 Å². The predicted octanol–water partition coefficient (Wildman–Crippen LogP) is 1.93. The molecule has 3 nitrogen and oxygen atoms in total. The largest absolute Gasteiger partial charge is 0.506 e. The van der Waals surface area contributed by atoms with Crippen LogP contribution >= 0.6 is 0 Å². The predicted molar refractivity (Wildman–Crippen MR) is 33.5 cm³/mol. The minimum absolute atomic E-state index is 0.278. The molecule has 0 fully saturated rings. The Morgan fingerprint density at radius 1 is 1.50 bits per heavy atom. The van der Waals surface area contributed by atoms with Gasteiger partial charge < -0.3 is 5.11 Å². The second kappa shape index (κ2) is 2.43. The van der Waals surface area contributed by atoms with E-state index >= 15 is 0 Å². The van der Waals surface area contributed by atoms with Crippen LogP contribution in [0.5, 0.6) is 5.75 Å². The molecule has 0 aliphatic carbocycles. The first-order valence-electron chi connectivity index (χ1n) is 2.56. The lowest BCUT2D eigenvalue weighted by Crippen LogP contribution is -1.71. The summed E-state index contributed by atoms with van der Waals surface area (Å²) in [6.07, 6.45) is 0. The molecule has 0 heterocycles. The van der Waals surface area contributed by atoms with Crippen molar-refractivity contribution in [3.05, 3.63) is 28.9 Å². The van der Waals surface area contributed by atoms with Crippen LogP contribution in [0.15, 0.2) is 23.4 Å². The highest BCUT2D eigenvalue weighted by Crippen LogP contribution is 2.25. The molecule has 10 heavy (non-hydrogen) atoms. The Morgan fingerprint density at radius 2 is 2.20 bits per heavy atom. The fourth-order valence-electron chi connectivity index (χ4n) is 0.570. The lowest BCUT2D eigenvalue weighted by atomic mass is 10.3. The first-order chi connectivity index (χ1) is 4.74. The van der Waals surface area contributed by atoms with Crippen molar-refractivity contribution >= 4 is 5.69 Å². The normalized spacial score (nSPS) is 9.30. The lowest BCUT2D eigenvalue weighted by Gasteiger charge is -1.92. The number of phenols is 1. The number of nitroso groups, excluding NO2 is 1. The monoisotopic (exact) mass is 141 g/mol. The molecule has 1 aromatic carbocycles. The molecule has 1 aromatic rings. The van der Waals surface area contributed by atoms with Crippen LogP contribution in [-0.2, 0) is 0 Å². The van der Waals surface area contributed by atoms with E-state index in [-0.39, 0.29) is 11.4 Å². The first kappa shape index (κ1) is 6.67. The first-order valence-corrected chi connectivity index (χ1v) is 2.56. The fourth-order valence-corrected chi connectivity index (χ4v) is 0.570. The SMILES string of the molecule is O=Nc1cc(F)ccc1O. The van der Waals surface area contributed by atoms with Gasteiger partial charge in [-0.25, -0.2) is 4.39 Å². The highest BCUT2D eigenvalue weighted by Gasteiger charge is 2.00. The van der Waals surface area contributed by atoms with E-state index < -0.39 is 5.82 Å². The number of hydrogen-bond acceptors (Lipinski definition) is 3. The van der Waals surface area contributed by atoms with E-state index in [1.807, 2.05) is 0 Å². The minimum atomic E-state index is -0.590. The van der Waals surface area contributed by atoms with Gasteiger partial charge in [-0.2, -0.15) is 0 Å². The molecular formula is C6H4FNO2. The van der Waals surface area contributed by atoms with E-state index in [1.54, 1.807) is 0 Å². The number of rotatable bonds is 1. The van der Waals surface area contributed by atoms with Gasteiger partial charge >= 0.3 is 0 Å². The Kier molecular flexibility index (Phi) is 1.62. The third kappa shape index (κ3) is 1.10. The van der Waals surface area contributed by atoms with E-state index in [9.17, 15) is 9.30 Å². The van der Waals surface area contributed by atoms with Crippen LogP contribution in [0.2, 0.25) is 0 Å². The van der Waals surface area contributed by atoms with Gasteiger partial charge in [-0.1, -0.05) is 0 Å². The van der Waals surface area contributed by atoms with Crippen molar-refractivity contribution in [1.29, 1.82) is 0 Å². The maximum Gasteiger partial charge on any atom is 0.152 e. The van der Waals surface area contributed by atoms with E-state index in [1.165, 1.54) is 0 Å². The summed E-state index contributed by atoms with van der Waals surface area (Å²) >= 11 is 0. The summed E-state index contributed by atoms with van der Waals surface area (Å²) in [4.78, 5) is 9.80. The molecule has 0 aliphatic rings. The molecule has 4 heteroatoms. The topological polar surface area (TPSA) is 49.7 Å². The molecule has 0 radical (unpaired) electrons. The van der Waals surface area contributed by atoms with Crippen LogP contribution in [0.4, 0.5) is 10.1 Å². The van der Waals surface area contributed by atoms with Gasteiger partial charge in [0.05, 0.1) is 0 Å². The Labute approximate surface area is 56.1 Å². The van der Waals surface area contributed by atoms with Gasteiger partial charge in [-0.15, -0.1) is 4.91 Å². The standard InChI is InChI=1S/C6H4FNO2/c7-4-1-2-6(9)5(3-4)8-10/h1-3,9H. The van der Waals surface area contributed by atoms with Crippen LogP contribution in [0.25, 0.3) is 0 Å². The number of hydrogen-bond donors (Lipinski definition) is 1. The van der Waals surface area contributed by atoms with E-state index in [2.05, 4.69) is 5.18 Å². The van der Waals surface area contributed by atoms with E-state index in [0.717, 1.165) is 18.2 Å². The van der Waals surface area contributed by atoms with Gasteiger partial charge in [0.2, 0.25) is 0 Å². The number of nitrogens with zero attached hydrogens (tertiary/aromatic N) is 1. The molecule has 0 saturated heterocycles. The second-order valence-corrected chi connectivity index (χ2v) is 1.72. The average Bonchev–Trinajstić information content (AvgIpc) is 1.94. The molecule has 0 atom stereocenters. The van der Waals surface area contributed by atoms with Crippen molar-refractivity contribution in [2.45, 2.75) is 0 Å². The quantitative estimate of drug-likeness (QED) is 0.607. The Hall–Kier alpha value is -1.45. The van der Waals surface area contributed by atoms with Crippen molar-refractivity contribution in [2.24, 2.45) is 5.18 Å². The van der Waals surface area contributed by atoms with Gasteiger partial charge in [0.15, 0.2) is 5.69 Å². The van der Waals surface area contributed by atoms with E-state index in [4.69, 9.17) is 5.11 Å². The Bertz CT molecular complexity index is 262. The van der Waals surface area contributed by atoms with E-state index in [0.29, 0.717) is 0 Å². The highest BCUT2D eigenvalue weighted by atomic mass is 19.1. The summed E-state index contributed by atoms with van der Waals surface area (Å²) in [6, 6.07) is 2.98. The highest BCUT2D eigenvalue weighted by molar-refractivity contribution is 5.50. The van der Waals surface area contributed by atoms with Crippen molar-refractivity contribution < 1.29 is 9.50 Å². The van der Waals surface area contributed by atoms with Gasteiger partial charge in [0.25, 0.3) is 0 Å². The third-order valence-electron chi connectivity index (χ3n) is 1.04. The molecule has 0 aromatic heterocycles. The zero-order valence-corrected chi connectivity index (χ0v) is 4.91. The fraction of sp³-hybridized carbons (Fsp3) is 0. The summed E-state index contributed by atoms with van der Waals surface area (Å²) in [7, 11) is 0. The number of benzene rings is 1. The number of phenolic OH excluding ortho intramolecular Hbond substituents is 1. The van der Waals surface area contributed by atoms with Crippen LogP contribution in [0.3, 0.4) is 0 Å². The maximum absolute atomic E-state index is 12.2. The molecule has 0 unspecified atom stereocenters. The van der Waals surface area contributed by atoms with Gasteiger partial charge in [-0.3, -0.25) is 0 Å². The van der Waals surface area contributed by atoms with Crippen molar-refractivity contribution in [2.75, 3.05) is 0 Å². The summed E-state index contributed by atoms with van der Waals surface area (Å²) in [5.41, 5.74) is -0.278. The molecule has 0 bridgehead atoms. The van der Waals surface area contributed by atoms with Crippen LogP contribution in [-0.4, -0.2) is 5.11 Å². The van der Waals surface area contributed by atoms with Gasteiger partial charge in [0, 0.05) is 6.07 Å². The van der Waals surface area contributed by atoms with Gasteiger partial charge in [0.1, 0.15) is 11.6 Å². The third-order valence-corrected chi connectivity index (χ3v) is 1.04. The molecule has 1 N–H and O–H groups in total. The lowest BCUT2D eigenvalue weighted by molar-refractivity contribution is 0.474. The zero-order valence-electron chi connectivity index (χ0n) is 4.91. The summed E-state index contributed by atoms with van der Waals surface area (Å²) < 4.78 is 12.2. The molecule has 0 aliphatic heterocycles. The summed E-state index contributed by atoms with van der Waals surface area (Å²) in [5, 5.41) is 11.2. The minimum Gasteiger partial charge on any atom is -0.506 e. The average molecular weight is 141 g/mol. The zero-order chi connectivity index (χ0) is 7.56. The van der Waals surface area contributed by atoms with Crippen molar-refractivity contribution in [3.63, 3.8) is 0 Å². The molecule has 52 valence electrons. The van der Waals surface area contributed by atoms with Crippen molar-refractivity contribution in [1.82, 2.24) is 0 Å². The molecule has 1 rings (SSSR count). The second-order valence-electron chi connectivity index (χ2n) is 1.72. The van der Waals surface area contributed by atoms with Crippen molar-refractivity contribution in [3.8, 4) is 5.75 Å². The summed E-state index contributed by atoms with van der Waals surface area (Å²) in [6.45, 7) is 0. The van der Waals surface area contributed by atoms with Crippen LogP contribution in [0.1, 0.15) is 0 Å². The smallest absolute Gasteiger partial charge is 0.152 e. The Balaban J connectivity index is 3.21. The Morgan fingerprint density at radius 3 is 2.70 bits per heavy atom. The maximum atomic E-state index is 12.2. The number of halogens is 1. The number of aromatic hydroxyl groups is 1. The van der Waals surface area contributed by atoms with Crippen LogP contribution in [0, 0.1) is 10.7 Å². The molecule has 0 saturated carbocycles. The van der Waals surface area contributed by atoms with Crippen LogP contribution < -0.4 is 0 Å². The molecule has 0 amide bonds. The molecular weight excluding hydrogens is 137 g/mol. The molecule has 0 spiro atoms.